The molecule has 1 heterocycles. The molecule has 1 N–H and O–H groups in total. The van der Waals surface area contributed by atoms with Gasteiger partial charge in [0, 0.05) is 22.5 Å². The predicted octanol–water partition coefficient (Wildman–Crippen LogP) is 3.67. The number of carboxylic acid groups (broad SMARTS) is 1. The molecule has 0 aliphatic heterocycles. The number of rotatable bonds is 3. The molecule has 21 heavy (non-hydrogen) atoms. The molecular formula is C16H11F2NO2. The Kier molecular flexibility index (Phi) is 3.17. The fraction of sp³-hybridized carbons (Fsp3) is 0.0625. The Morgan fingerprint density at radius 3 is 2.57 bits per heavy atom. The van der Waals surface area contributed by atoms with Gasteiger partial charge in [0.05, 0.1) is 6.54 Å². The third-order valence-electron chi connectivity index (χ3n) is 3.37. The SMILES string of the molecule is O=C(O)c1cc2ccccc2n1Cc1ccc(F)cc1F. The van der Waals surface area contributed by atoms with Crippen molar-refractivity contribution in [2.24, 2.45) is 0 Å². The van der Waals surface area contributed by atoms with Gasteiger partial charge in [0.25, 0.3) is 0 Å². The molecule has 0 aliphatic rings. The van der Waals surface area contributed by atoms with Gasteiger partial charge in [-0.15, -0.1) is 0 Å². The first-order chi connectivity index (χ1) is 10.1. The highest BCUT2D eigenvalue weighted by molar-refractivity contribution is 5.94. The lowest BCUT2D eigenvalue weighted by molar-refractivity contribution is 0.0686. The largest absolute Gasteiger partial charge is 0.477 e. The second kappa shape index (κ2) is 5.01. The third-order valence-corrected chi connectivity index (χ3v) is 3.37. The molecule has 106 valence electrons. The van der Waals surface area contributed by atoms with Gasteiger partial charge in [0.2, 0.25) is 0 Å². The Hall–Kier alpha value is -2.69. The van der Waals surface area contributed by atoms with Gasteiger partial charge >= 0.3 is 5.97 Å². The summed E-state index contributed by atoms with van der Waals surface area (Å²) in [6.45, 7) is 0.0290. The minimum Gasteiger partial charge on any atom is -0.477 e. The van der Waals surface area contributed by atoms with Crippen LogP contribution < -0.4 is 0 Å². The first-order valence-corrected chi connectivity index (χ1v) is 6.32. The minimum absolute atomic E-state index is 0.0290. The molecule has 5 heteroatoms. The molecule has 0 amide bonds. The van der Waals surface area contributed by atoms with E-state index in [2.05, 4.69) is 0 Å². The van der Waals surface area contributed by atoms with E-state index in [-0.39, 0.29) is 17.8 Å². The van der Waals surface area contributed by atoms with E-state index in [9.17, 15) is 18.7 Å². The van der Waals surface area contributed by atoms with E-state index in [0.29, 0.717) is 5.52 Å². The van der Waals surface area contributed by atoms with Crippen LogP contribution >= 0.6 is 0 Å². The topological polar surface area (TPSA) is 42.2 Å². The van der Waals surface area contributed by atoms with Crippen LogP contribution in [0.2, 0.25) is 0 Å². The van der Waals surface area contributed by atoms with Crippen molar-refractivity contribution in [2.75, 3.05) is 0 Å². The van der Waals surface area contributed by atoms with Crippen molar-refractivity contribution < 1.29 is 18.7 Å². The van der Waals surface area contributed by atoms with Crippen LogP contribution in [0.3, 0.4) is 0 Å². The van der Waals surface area contributed by atoms with Crippen LogP contribution in [-0.4, -0.2) is 15.6 Å². The number of halogens is 2. The van der Waals surface area contributed by atoms with Gasteiger partial charge in [-0.1, -0.05) is 24.3 Å². The van der Waals surface area contributed by atoms with E-state index >= 15 is 0 Å². The number of carbonyl (C=O) groups is 1. The average Bonchev–Trinajstić information content (AvgIpc) is 2.81. The summed E-state index contributed by atoms with van der Waals surface area (Å²) in [5.41, 5.74) is 0.999. The van der Waals surface area contributed by atoms with E-state index < -0.39 is 17.6 Å². The summed E-state index contributed by atoms with van der Waals surface area (Å²) in [6.07, 6.45) is 0. The summed E-state index contributed by atoms with van der Waals surface area (Å²) in [4.78, 5) is 11.3. The van der Waals surface area contributed by atoms with Crippen molar-refractivity contribution in [3.8, 4) is 0 Å². The lowest BCUT2D eigenvalue weighted by atomic mass is 10.2. The fourth-order valence-electron chi connectivity index (χ4n) is 2.38. The van der Waals surface area contributed by atoms with Crippen molar-refractivity contribution in [1.82, 2.24) is 4.57 Å². The van der Waals surface area contributed by atoms with Crippen LogP contribution in [0.15, 0.2) is 48.5 Å². The van der Waals surface area contributed by atoms with Crippen molar-refractivity contribution in [3.63, 3.8) is 0 Å². The smallest absolute Gasteiger partial charge is 0.352 e. The minimum atomic E-state index is -1.09. The molecule has 3 nitrogen and oxygen atoms in total. The number of nitrogens with zero attached hydrogens (tertiary/aromatic N) is 1. The van der Waals surface area contributed by atoms with E-state index in [1.807, 2.05) is 0 Å². The molecule has 0 saturated heterocycles. The molecule has 0 fully saturated rings. The first-order valence-electron chi connectivity index (χ1n) is 6.32. The normalized spacial score (nSPS) is 11.0. The molecule has 3 aromatic rings. The monoisotopic (exact) mass is 287 g/mol. The molecule has 0 unspecified atom stereocenters. The molecule has 0 radical (unpaired) electrons. The number of hydrogen-bond acceptors (Lipinski definition) is 1. The van der Waals surface area contributed by atoms with Crippen LogP contribution in [-0.2, 0) is 6.54 Å². The van der Waals surface area contributed by atoms with E-state index in [0.717, 1.165) is 17.5 Å². The standard InChI is InChI=1S/C16H11F2NO2/c17-12-6-5-11(13(18)8-12)9-19-14-4-2-1-3-10(14)7-15(19)16(20)21/h1-8H,9H2,(H,20,21). The van der Waals surface area contributed by atoms with E-state index in [4.69, 9.17) is 0 Å². The van der Waals surface area contributed by atoms with Crippen molar-refractivity contribution in [2.45, 2.75) is 6.54 Å². The Labute approximate surface area is 119 Å². The summed E-state index contributed by atoms with van der Waals surface area (Å²) < 4.78 is 28.2. The number of aromatic nitrogens is 1. The lowest BCUT2D eigenvalue weighted by Gasteiger charge is -2.09. The second-order valence-corrected chi connectivity index (χ2v) is 4.72. The lowest BCUT2D eigenvalue weighted by Crippen LogP contribution is -2.10. The highest BCUT2D eigenvalue weighted by atomic mass is 19.1. The Morgan fingerprint density at radius 2 is 1.86 bits per heavy atom. The van der Waals surface area contributed by atoms with Gasteiger partial charge in [-0.25, -0.2) is 13.6 Å². The number of benzene rings is 2. The average molecular weight is 287 g/mol. The van der Waals surface area contributed by atoms with Crippen LogP contribution in [0.25, 0.3) is 10.9 Å². The molecule has 0 spiro atoms. The van der Waals surface area contributed by atoms with Gasteiger partial charge in [0.15, 0.2) is 0 Å². The van der Waals surface area contributed by atoms with Gasteiger partial charge in [-0.2, -0.15) is 0 Å². The van der Waals surface area contributed by atoms with Crippen LogP contribution in [0, 0.1) is 11.6 Å². The second-order valence-electron chi connectivity index (χ2n) is 4.72. The van der Waals surface area contributed by atoms with Crippen molar-refractivity contribution >= 4 is 16.9 Å². The third kappa shape index (κ3) is 2.38. The highest BCUT2D eigenvalue weighted by Gasteiger charge is 2.16. The van der Waals surface area contributed by atoms with Crippen LogP contribution in [0.1, 0.15) is 16.1 Å². The summed E-state index contributed by atoms with van der Waals surface area (Å²) >= 11 is 0. The number of fused-ring (bicyclic) bond motifs is 1. The molecule has 0 aliphatic carbocycles. The summed E-state index contributed by atoms with van der Waals surface area (Å²) in [7, 11) is 0. The highest BCUT2D eigenvalue weighted by Crippen LogP contribution is 2.22. The zero-order valence-electron chi connectivity index (χ0n) is 10.9. The molecule has 0 atom stereocenters. The van der Waals surface area contributed by atoms with Gasteiger partial charge in [-0.3, -0.25) is 0 Å². The molecule has 2 aromatic carbocycles. The molecule has 0 saturated carbocycles. The summed E-state index contributed by atoms with van der Waals surface area (Å²) in [5, 5.41) is 10.0. The maximum absolute atomic E-state index is 13.8. The molecule has 1 aromatic heterocycles. The van der Waals surface area contributed by atoms with Gasteiger partial charge < -0.3 is 9.67 Å². The molecule has 0 bridgehead atoms. The quantitative estimate of drug-likeness (QED) is 0.798. The maximum atomic E-state index is 13.8. The number of hydrogen-bond donors (Lipinski definition) is 1. The number of carboxylic acids is 1. The van der Waals surface area contributed by atoms with E-state index in [1.165, 1.54) is 10.6 Å². The summed E-state index contributed by atoms with van der Waals surface area (Å²) in [5.74, 6) is -2.44. The van der Waals surface area contributed by atoms with Crippen molar-refractivity contribution in [1.29, 1.82) is 0 Å². The Balaban J connectivity index is 2.14. The van der Waals surface area contributed by atoms with Crippen LogP contribution in [0.5, 0.6) is 0 Å². The zero-order chi connectivity index (χ0) is 15.0. The number of aromatic carboxylic acids is 1. The molecule has 3 rings (SSSR count). The Bertz CT molecular complexity index is 839. The Morgan fingerprint density at radius 1 is 1.10 bits per heavy atom. The zero-order valence-corrected chi connectivity index (χ0v) is 10.9. The van der Waals surface area contributed by atoms with Gasteiger partial charge in [-0.05, 0) is 18.2 Å². The molecular weight excluding hydrogens is 276 g/mol. The fourth-order valence-corrected chi connectivity index (χ4v) is 2.38. The summed E-state index contributed by atoms with van der Waals surface area (Å²) in [6, 6.07) is 12.0. The maximum Gasteiger partial charge on any atom is 0.352 e. The van der Waals surface area contributed by atoms with Gasteiger partial charge in [0.1, 0.15) is 17.3 Å². The van der Waals surface area contributed by atoms with Crippen LogP contribution in [0.4, 0.5) is 8.78 Å². The first kappa shape index (κ1) is 13.3. The van der Waals surface area contributed by atoms with Crippen molar-refractivity contribution in [3.05, 3.63) is 71.4 Å². The number of para-hydroxylation sites is 1. The van der Waals surface area contributed by atoms with E-state index in [1.54, 1.807) is 30.3 Å². The predicted molar refractivity (Wildman–Crippen MR) is 74.4 cm³/mol.